The van der Waals surface area contributed by atoms with Gasteiger partial charge in [0.1, 0.15) is 17.8 Å². The van der Waals surface area contributed by atoms with Crippen molar-refractivity contribution in [2.45, 2.75) is 20.3 Å². The van der Waals surface area contributed by atoms with Crippen molar-refractivity contribution >= 4 is 11.8 Å². The van der Waals surface area contributed by atoms with Crippen molar-refractivity contribution in [2.24, 2.45) is 0 Å². The van der Waals surface area contributed by atoms with E-state index in [-0.39, 0.29) is 24.0 Å². The molecule has 0 saturated carbocycles. The molecular weight excluding hydrogens is 383 g/mol. The van der Waals surface area contributed by atoms with Gasteiger partial charge in [-0.15, -0.1) is 0 Å². The highest BCUT2D eigenvalue weighted by atomic mass is 19.1. The summed E-state index contributed by atoms with van der Waals surface area (Å²) in [4.78, 5) is 20.9. The Hall–Kier alpha value is -3.87. The molecule has 0 aliphatic rings. The molecular formula is C23H19FN4O2. The largest absolute Gasteiger partial charge is 0.337 e. The molecule has 30 heavy (non-hydrogen) atoms. The number of aryl methyl sites for hydroxylation is 2. The number of nitrogens with zero attached hydrogens (tertiary/aromatic N) is 3. The van der Waals surface area contributed by atoms with E-state index in [2.05, 4.69) is 26.5 Å². The highest BCUT2D eigenvalue weighted by Gasteiger charge is 2.22. The Morgan fingerprint density at radius 2 is 1.80 bits per heavy atom. The summed E-state index contributed by atoms with van der Waals surface area (Å²) in [7, 11) is 0. The molecule has 4 aromatic rings. The van der Waals surface area contributed by atoms with Crippen LogP contribution in [0.4, 0.5) is 10.3 Å². The van der Waals surface area contributed by atoms with Crippen LogP contribution in [0.25, 0.3) is 22.5 Å². The summed E-state index contributed by atoms with van der Waals surface area (Å²) < 4.78 is 18.8. The van der Waals surface area contributed by atoms with E-state index in [0.717, 1.165) is 16.7 Å². The maximum absolute atomic E-state index is 13.3. The molecule has 0 saturated heterocycles. The van der Waals surface area contributed by atoms with Crippen LogP contribution in [-0.4, -0.2) is 21.0 Å². The van der Waals surface area contributed by atoms with E-state index in [4.69, 9.17) is 4.52 Å². The molecule has 1 N–H and O–H groups in total. The SMILES string of the molecule is Cc1cc(C)cc(CC(=O)Nc2onc(-c3ccc(F)cc3)c2-c2ccncn2)c1. The van der Waals surface area contributed by atoms with Crippen molar-refractivity contribution in [1.82, 2.24) is 15.1 Å². The van der Waals surface area contributed by atoms with Crippen LogP contribution in [-0.2, 0) is 11.2 Å². The lowest BCUT2D eigenvalue weighted by atomic mass is 10.0. The molecule has 150 valence electrons. The fraction of sp³-hybridized carbons (Fsp3) is 0.130. The van der Waals surface area contributed by atoms with Crippen molar-refractivity contribution in [1.29, 1.82) is 0 Å². The first-order valence-corrected chi connectivity index (χ1v) is 9.38. The van der Waals surface area contributed by atoms with Crippen LogP contribution in [0.1, 0.15) is 16.7 Å². The molecule has 0 aliphatic heterocycles. The average molecular weight is 402 g/mol. The third kappa shape index (κ3) is 4.25. The first-order valence-electron chi connectivity index (χ1n) is 9.38. The molecule has 0 aliphatic carbocycles. The van der Waals surface area contributed by atoms with Gasteiger partial charge in [0.15, 0.2) is 0 Å². The molecule has 1 amide bonds. The van der Waals surface area contributed by atoms with Crippen LogP contribution in [0.5, 0.6) is 0 Å². The Labute approximate surface area is 172 Å². The summed E-state index contributed by atoms with van der Waals surface area (Å²) in [5.74, 6) is -0.410. The van der Waals surface area contributed by atoms with Crippen molar-refractivity contribution in [2.75, 3.05) is 5.32 Å². The van der Waals surface area contributed by atoms with E-state index in [1.54, 1.807) is 24.4 Å². The Morgan fingerprint density at radius 3 is 2.47 bits per heavy atom. The van der Waals surface area contributed by atoms with Gasteiger partial charge in [0.2, 0.25) is 11.8 Å². The molecule has 2 heterocycles. The third-order valence-electron chi connectivity index (χ3n) is 4.55. The topological polar surface area (TPSA) is 80.9 Å². The zero-order chi connectivity index (χ0) is 21.1. The lowest BCUT2D eigenvalue weighted by Crippen LogP contribution is -2.14. The minimum atomic E-state index is -0.354. The number of halogens is 1. The number of nitrogens with one attached hydrogen (secondary N) is 1. The van der Waals surface area contributed by atoms with Gasteiger partial charge in [-0.1, -0.05) is 34.5 Å². The monoisotopic (exact) mass is 402 g/mol. The van der Waals surface area contributed by atoms with Gasteiger partial charge < -0.3 is 4.52 Å². The predicted octanol–water partition coefficient (Wildman–Crippen LogP) is 4.74. The number of aromatic nitrogens is 3. The Balaban J connectivity index is 1.67. The number of rotatable bonds is 5. The van der Waals surface area contributed by atoms with Gasteiger partial charge in [0, 0.05) is 11.8 Å². The fourth-order valence-corrected chi connectivity index (χ4v) is 3.38. The van der Waals surface area contributed by atoms with E-state index >= 15 is 0 Å². The van der Waals surface area contributed by atoms with Crippen molar-refractivity contribution < 1.29 is 13.7 Å². The van der Waals surface area contributed by atoms with Gasteiger partial charge in [-0.2, -0.15) is 0 Å². The molecule has 0 radical (unpaired) electrons. The molecule has 0 bridgehead atoms. The molecule has 0 unspecified atom stereocenters. The second kappa shape index (κ2) is 8.24. The number of benzene rings is 2. The first-order chi connectivity index (χ1) is 14.5. The smallest absolute Gasteiger partial charge is 0.241 e. The third-order valence-corrected chi connectivity index (χ3v) is 4.55. The maximum atomic E-state index is 13.3. The normalized spacial score (nSPS) is 10.8. The summed E-state index contributed by atoms with van der Waals surface area (Å²) >= 11 is 0. The van der Waals surface area contributed by atoms with Gasteiger partial charge >= 0.3 is 0 Å². The second-order valence-electron chi connectivity index (χ2n) is 7.06. The molecule has 6 nitrogen and oxygen atoms in total. The van der Waals surface area contributed by atoms with Gasteiger partial charge in [-0.3, -0.25) is 10.1 Å². The number of carbonyl (C=O) groups is 1. The highest BCUT2D eigenvalue weighted by Crippen LogP contribution is 2.36. The first kappa shape index (κ1) is 19.4. The molecule has 7 heteroatoms. The Kier molecular flexibility index (Phi) is 5.34. The number of carbonyl (C=O) groups excluding carboxylic acids is 1. The van der Waals surface area contributed by atoms with Crippen LogP contribution < -0.4 is 5.32 Å². The predicted molar refractivity (Wildman–Crippen MR) is 111 cm³/mol. The molecule has 2 aromatic carbocycles. The standard InChI is InChI=1S/C23H19FN4O2/c1-14-9-15(2)11-16(10-14)12-20(29)27-23-21(19-7-8-25-13-26-19)22(28-30-23)17-3-5-18(24)6-4-17/h3-11,13H,12H2,1-2H3,(H,27,29). The van der Waals surface area contributed by atoms with Crippen LogP contribution in [0.3, 0.4) is 0 Å². The molecule has 0 fully saturated rings. The Morgan fingerprint density at radius 1 is 1.07 bits per heavy atom. The summed E-state index contributed by atoms with van der Waals surface area (Å²) in [6.07, 6.45) is 3.18. The van der Waals surface area contributed by atoms with E-state index in [0.29, 0.717) is 22.5 Å². The van der Waals surface area contributed by atoms with Gasteiger partial charge in [-0.25, -0.2) is 14.4 Å². The van der Waals surface area contributed by atoms with Crippen molar-refractivity contribution in [3.05, 3.63) is 83.6 Å². The summed E-state index contributed by atoms with van der Waals surface area (Å²) in [6.45, 7) is 3.99. The highest BCUT2D eigenvalue weighted by molar-refractivity contribution is 5.97. The van der Waals surface area contributed by atoms with E-state index in [1.165, 1.54) is 18.5 Å². The Bertz CT molecular complexity index is 1170. The maximum Gasteiger partial charge on any atom is 0.241 e. The van der Waals surface area contributed by atoms with Crippen molar-refractivity contribution in [3.63, 3.8) is 0 Å². The van der Waals surface area contributed by atoms with Crippen LogP contribution >= 0.6 is 0 Å². The summed E-state index contributed by atoms with van der Waals surface area (Å²) in [5, 5.41) is 6.90. The minimum Gasteiger partial charge on any atom is -0.337 e. The number of hydrogen-bond acceptors (Lipinski definition) is 5. The van der Waals surface area contributed by atoms with Crippen LogP contribution in [0, 0.1) is 19.7 Å². The van der Waals surface area contributed by atoms with Gasteiger partial charge in [0.25, 0.3) is 0 Å². The van der Waals surface area contributed by atoms with Crippen molar-refractivity contribution in [3.8, 4) is 22.5 Å². The molecule has 0 atom stereocenters. The fourth-order valence-electron chi connectivity index (χ4n) is 3.38. The molecule has 2 aromatic heterocycles. The number of hydrogen-bond donors (Lipinski definition) is 1. The molecule has 0 spiro atoms. The van der Waals surface area contributed by atoms with Crippen LogP contribution in [0.15, 0.2) is 65.6 Å². The average Bonchev–Trinajstić information content (AvgIpc) is 3.11. The van der Waals surface area contributed by atoms with E-state index in [9.17, 15) is 9.18 Å². The molecule has 4 rings (SSSR count). The zero-order valence-electron chi connectivity index (χ0n) is 16.5. The zero-order valence-corrected chi connectivity index (χ0v) is 16.5. The van der Waals surface area contributed by atoms with Gasteiger partial charge in [-0.05, 0) is 49.7 Å². The lowest BCUT2D eigenvalue weighted by Gasteiger charge is -2.07. The number of anilines is 1. The minimum absolute atomic E-state index is 0.183. The second-order valence-corrected chi connectivity index (χ2v) is 7.06. The van der Waals surface area contributed by atoms with E-state index in [1.807, 2.05) is 26.0 Å². The summed E-state index contributed by atoms with van der Waals surface area (Å²) in [5.41, 5.74) is 5.24. The van der Waals surface area contributed by atoms with Gasteiger partial charge in [0.05, 0.1) is 17.7 Å². The van der Waals surface area contributed by atoms with E-state index < -0.39 is 0 Å². The quantitative estimate of drug-likeness (QED) is 0.522. The van der Waals surface area contributed by atoms with Crippen LogP contribution in [0.2, 0.25) is 0 Å². The number of amides is 1. The summed E-state index contributed by atoms with van der Waals surface area (Å²) in [6, 6.07) is 13.6. The lowest BCUT2D eigenvalue weighted by molar-refractivity contribution is -0.115.